The molecular weight excluding hydrogens is 468 g/mol. The predicted molar refractivity (Wildman–Crippen MR) is 143 cm³/mol. The van der Waals surface area contributed by atoms with Crippen molar-refractivity contribution >= 4 is 28.5 Å². The first-order valence-electron chi connectivity index (χ1n) is 12.4. The first kappa shape index (κ1) is 24.4. The van der Waals surface area contributed by atoms with Crippen LogP contribution in [-0.4, -0.2) is 37.3 Å². The molecule has 5 rings (SSSR count). The van der Waals surface area contributed by atoms with E-state index < -0.39 is 5.97 Å². The molecule has 0 spiro atoms. The molecule has 0 atom stereocenters. The third kappa shape index (κ3) is 4.89. The van der Waals surface area contributed by atoms with Crippen molar-refractivity contribution in [2.45, 2.75) is 26.3 Å². The van der Waals surface area contributed by atoms with Crippen LogP contribution in [0.25, 0.3) is 22.0 Å². The van der Waals surface area contributed by atoms with E-state index in [1.54, 1.807) is 21.1 Å². The summed E-state index contributed by atoms with van der Waals surface area (Å²) in [6, 6.07) is 21.1. The molecule has 1 N–H and O–H groups in total. The Morgan fingerprint density at radius 1 is 0.946 bits per heavy atom. The number of rotatable bonds is 9. The molecule has 1 fully saturated rings. The zero-order valence-electron chi connectivity index (χ0n) is 21.2. The topological polar surface area (TPSA) is 78.8 Å². The lowest BCUT2D eigenvalue weighted by Crippen LogP contribution is -2.16. The number of anilines is 1. The lowest BCUT2D eigenvalue weighted by atomic mass is 10.0. The summed E-state index contributed by atoms with van der Waals surface area (Å²) < 4.78 is 18.3. The molecule has 1 aliphatic rings. The van der Waals surface area contributed by atoms with Crippen molar-refractivity contribution in [3.63, 3.8) is 0 Å². The number of nitrogens with zero attached hydrogens (tertiary/aromatic N) is 1. The highest BCUT2D eigenvalue weighted by molar-refractivity contribution is 6.13. The third-order valence-corrected chi connectivity index (χ3v) is 6.61. The minimum atomic E-state index is -0.424. The highest BCUT2D eigenvalue weighted by atomic mass is 16.5. The number of methoxy groups -OCH3 is 2. The molecule has 190 valence electrons. The van der Waals surface area contributed by atoms with Crippen molar-refractivity contribution in [1.29, 1.82) is 0 Å². The number of para-hydroxylation sites is 1. The maximum atomic E-state index is 13.5. The molecule has 7 nitrogen and oxygen atoms in total. The van der Waals surface area contributed by atoms with Crippen molar-refractivity contribution in [2.24, 2.45) is 5.92 Å². The molecule has 0 aliphatic heterocycles. The van der Waals surface area contributed by atoms with Gasteiger partial charge in [0, 0.05) is 23.4 Å². The van der Waals surface area contributed by atoms with Crippen LogP contribution in [0.4, 0.5) is 5.69 Å². The van der Waals surface area contributed by atoms with Gasteiger partial charge < -0.3 is 24.1 Å². The highest BCUT2D eigenvalue weighted by Gasteiger charge is 2.31. The lowest BCUT2D eigenvalue weighted by molar-refractivity contribution is -0.117. The van der Waals surface area contributed by atoms with Gasteiger partial charge in [-0.3, -0.25) is 4.79 Å². The summed E-state index contributed by atoms with van der Waals surface area (Å²) in [6.07, 6.45) is 1.80. The normalized spacial score (nSPS) is 12.8. The zero-order valence-corrected chi connectivity index (χ0v) is 21.2. The van der Waals surface area contributed by atoms with E-state index in [0.29, 0.717) is 17.9 Å². The number of hydrogen-bond acceptors (Lipinski definition) is 5. The standard InChI is InChI=1S/C30H30N2O5/c1-4-37-30(34)28-26(20-13-15-22(35-2)16-14-20)24-9-6-10-25(31-29(33)21-11-12-21)27(24)32(28)18-19-7-5-8-23(17-19)36-3/h5-10,13-17,21H,4,11-12,18H2,1-3H3,(H,31,33). The molecule has 1 heterocycles. The van der Waals surface area contributed by atoms with Crippen LogP contribution in [0.2, 0.25) is 0 Å². The van der Waals surface area contributed by atoms with Crippen LogP contribution in [0.5, 0.6) is 11.5 Å². The minimum absolute atomic E-state index is 0.00492. The van der Waals surface area contributed by atoms with E-state index in [1.807, 2.05) is 71.3 Å². The van der Waals surface area contributed by atoms with E-state index in [-0.39, 0.29) is 18.4 Å². The second-order valence-electron chi connectivity index (χ2n) is 9.08. The molecule has 0 radical (unpaired) electrons. The molecule has 1 aromatic heterocycles. The number of nitrogens with one attached hydrogen (secondary N) is 1. The lowest BCUT2D eigenvalue weighted by Gasteiger charge is -2.14. The van der Waals surface area contributed by atoms with Gasteiger partial charge in [0.1, 0.15) is 17.2 Å². The van der Waals surface area contributed by atoms with Crippen LogP contribution < -0.4 is 14.8 Å². The Labute approximate surface area is 216 Å². The fraction of sp³-hybridized carbons (Fsp3) is 0.267. The Bertz CT molecular complexity index is 1450. The summed E-state index contributed by atoms with van der Waals surface area (Å²) in [5, 5.41) is 3.97. The first-order chi connectivity index (χ1) is 18.0. The van der Waals surface area contributed by atoms with Gasteiger partial charge in [0.05, 0.1) is 32.0 Å². The van der Waals surface area contributed by atoms with E-state index in [1.165, 1.54) is 0 Å². The zero-order chi connectivity index (χ0) is 25.9. The fourth-order valence-corrected chi connectivity index (χ4v) is 4.66. The molecule has 1 saturated carbocycles. The largest absolute Gasteiger partial charge is 0.497 e. The summed E-state index contributed by atoms with van der Waals surface area (Å²) >= 11 is 0. The van der Waals surface area contributed by atoms with Gasteiger partial charge in [-0.15, -0.1) is 0 Å². The number of benzene rings is 3. The summed E-state index contributed by atoms with van der Waals surface area (Å²) in [5.74, 6) is 1.07. The summed E-state index contributed by atoms with van der Waals surface area (Å²) in [7, 11) is 3.25. The number of amides is 1. The Morgan fingerprint density at radius 3 is 2.35 bits per heavy atom. The number of ether oxygens (including phenoxy) is 3. The van der Waals surface area contributed by atoms with E-state index in [9.17, 15) is 9.59 Å². The molecule has 0 unspecified atom stereocenters. The Hall–Kier alpha value is -4.26. The van der Waals surface area contributed by atoms with Crippen molar-refractivity contribution < 1.29 is 23.8 Å². The number of aromatic nitrogens is 1. The summed E-state index contributed by atoms with van der Waals surface area (Å²) in [4.78, 5) is 26.3. The SMILES string of the molecule is CCOC(=O)c1c(-c2ccc(OC)cc2)c2cccc(NC(=O)C3CC3)c2n1Cc1cccc(OC)c1. The molecule has 0 saturated heterocycles. The second-order valence-corrected chi connectivity index (χ2v) is 9.08. The average molecular weight is 499 g/mol. The van der Waals surface area contributed by atoms with Gasteiger partial charge >= 0.3 is 5.97 Å². The van der Waals surface area contributed by atoms with Gasteiger partial charge in [-0.05, 0) is 61.2 Å². The van der Waals surface area contributed by atoms with E-state index in [2.05, 4.69) is 5.32 Å². The van der Waals surface area contributed by atoms with Crippen LogP contribution in [0.15, 0.2) is 66.7 Å². The Kier molecular flexibility index (Phi) is 6.86. The van der Waals surface area contributed by atoms with Crippen LogP contribution in [0, 0.1) is 5.92 Å². The Morgan fingerprint density at radius 2 is 1.68 bits per heavy atom. The van der Waals surface area contributed by atoms with Crippen LogP contribution in [0.1, 0.15) is 35.8 Å². The van der Waals surface area contributed by atoms with Gasteiger partial charge in [-0.1, -0.05) is 36.4 Å². The molecule has 4 aromatic rings. The molecule has 3 aromatic carbocycles. The van der Waals surface area contributed by atoms with Gasteiger partial charge in [0.2, 0.25) is 5.91 Å². The molecule has 0 bridgehead atoms. The van der Waals surface area contributed by atoms with Gasteiger partial charge in [0.25, 0.3) is 0 Å². The van der Waals surface area contributed by atoms with Crippen molar-refractivity contribution in [3.8, 4) is 22.6 Å². The van der Waals surface area contributed by atoms with Crippen LogP contribution in [-0.2, 0) is 16.1 Å². The van der Waals surface area contributed by atoms with Crippen LogP contribution >= 0.6 is 0 Å². The third-order valence-electron chi connectivity index (χ3n) is 6.61. The van der Waals surface area contributed by atoms with E-state index in [0.717, 1.165) is 51.9 Å². The second kappa shape index (κ2) is 10.4. The monoisotopic (exact) mass is 498 g/mol. The van der Waals surface area contributed by atoms with Gasteiger partial charge in [0.15, 0.2) is 0 Å². The average Bonchev–Trinajstić information content (AvgIpc) is 3.72. The van der Waals surface area contributed by atoms with E-state index >= 15 is 0 Å². The number of carbonyl (C=O) groups is 2. The Balaban J connectivity index is 1.77. The maximum Gasteiger partial charge on any atom is 0.355 e. The maximum absolute atomic E-state index is 13.5. The molecule has 7 heteroatoms. The number of esters is 1. The van der Waals surface area contributed by atoms with Gasteiger partial charge in [-0.2, -0.15) is 0 Å². The molecular formula is C30H30N2O5. The van der Waals surface area contributed by atoms with E-state index in [4.69, 9.17) is 14.2 Å². The first-order valence-corrected chi connectivity index (χ1v) is 12.4. The predicted octanol–water partition coefficient (Wildman–Crippen LogP) is 5.90. The quantitative estimate of drug-likeness (QED) is 0.291. The minimum Gasteiger partial charge on any atom is -0.497 e. The van der Waals surface area contributed by atoms with Gasteiger partial charge in [-0.25, -0.2) is 4.79 Å². The fourth-order valence-electron chi connectivity index (χ4n) is 4.66. The summed E-state index contributed by atoms with van der Waals surface area (Å²) in [6.45, 7) is 2.42. The van der Waals surface area contributed by atoms with Crippen molar-refractivity contribution in [3.05, 3.63) is 78.0 Å². The van der Waals surface area contributed by atoms with Crippen molar-refractivity contribution in [2.75, 3.05) is 26.1 Å². The number of hydrogen-bond donors (Lipinski definition) is 1. The summed E-state index contributed by atoms with van der Waals surface area (Å²) in [5.41, 5.74) is 4.42. The molecule has 1 amide bonds. The van der Waals surface area contributed by atoms with Crippen molar-refractivity contribution in [1.82, 2.24) is 4.57 Å². The molecule has 37 heavy (non-hydrogen) atoms. The smallest absolute Gasteiger partial charge is 0.355 e. The number of fused-ring (bicyclic) bond motifs is 1. The highest BCUT2D eigenvalue weighted by Crippen LogP contribution is 2.40. The number of carbonyl (C=O) groups excluding carboxylic acids is 2. The molecule has 1 aliphatic carbocycles. The van der Waals surface area contributed by atoms with Crippen LogP contribution in [0.3, 0.4) is 0 Å².